The van der Waals surface area contributed by atoms with Gasteiger partial charge in [0.2, 0.25) is 0 Å². The van der Waals surface area contributed by atoms with Gasteiger partial charge >= 0.3 is 5.97 Å². The fraction of sp³-hybridized carbons (Fsp3) is 0.300. The van der Waals surface area contributed by atoms with Crippen molar-refractivity contribution in [3.05, 3.63) is 28.3 Å². The number of esters is 1. The zero-order valence-electron chi connectivity index (χ0n) is 8.45. The smallest absolute Gasteiger partial charge is 0.327 e. The number of rotatable bonds is 2. The monoisotopic (exact) mass is 229 g/mol. The SMILES string of the molecule is COC(=O)[C@@H](N)c1cc(Cl)cc(C)c1O. The van der Waals surface area contributed by atoms with Crippen LogP contribution in [0.1, 0.15) is 17.2 Å². The first kappa shape index (κ1) is 11.8. The predicted molar refractivity (Wildman–Crippen MR) is 56.8 cm³/mol. The maximum atomic E-state index is 11.2. The molecule has 0 aliphatic carbocycles. The first-order chi connectivity index (χ1) is 6.97. The third kappa shape index (κ3) is 2.40. The van der Waals surface area contributed by atoms with E-state index in [1.54, 1.807) is 13.0 Å². The predicted octanol–water partition coefficient (Wildman–Crippen LogP) is 1.53. The number of hydrogen-bond donors (Lipinski definition) is 2. The number of phenols is 1. The van der Waals surface area contributed by atoms with Crippen molar-refractivity contribution in [2.24, 2.45) is 5.73 Å². The van der Waals surface area contributed by atoms with E-state index in [1.807, 2.05) is 0 Å². The molecule has 1 atom stereocenters. The van der Waals surface area contributed by atoms with Crippen molar-refractivity contribution in [2.75, 3.05) is 7.11 Å². The molecule has 0 saturated heterocycles. The van der Waals surface area contributed by atoms with E-state index in [0.29, 0.717) is 10.6 Å². The van der Waals surface area contributed by atoms with Gasteiger partial charge in [-0.2, -0.15) is 0 Å². The Balaban J connectivity index is 3.19. The highest BCUT2D eigenvalue weighted by Crippen LogP contribution is 2.30. The zero-order chi connectivity index (χ0) is 11.6. The Morgan fingerprint density at radius 1 is 1.60 bits per heavy atom. The van der Waals surface area contributed by atoms with E-state index in [4.69, 9.17) is 17.3 Å². The van der Waals surface area contributed by atoms with Crippen molar-refractivity contribution < 1.29 is 14.6 Å². The first-order valence-electron chi connectivity index (χ1n) is 4.29. The summed E-state index contributed by atoms with van der Waals surface area (Å²) in [5, 5.41) is 10.1. The van der Waals surface area contributed by atoms with Gasteiger partial charge in [0.05, 0.1) is 7.11 Å². The van der Waals surface area contributed by atoms with Crippen LogP contribution in [0.2, 0.25) is 5.02 Å². The lowest BCUT2D eigenvalue weighted by molar-refractivity contribution is -0.142. The Hall–Kier alpha value is -1.26. The summed E-state index contributed by atoms with van der Waals surface area (Å²) in [6.45, 7) is 1.68. The molecule has 82 valence electrons. The molecule has 0 heterocycles. The van der Waals surface area contributed by atoms with Crippen molar-refractivity contribution in [1.82, 2.24) is 0 Å². The van der Waals surface area contributed by atoms with Gasteiger partial charge in [-0.3, -0.25) is 4.79 Å². The van der Waals surface area contributed by atoms with Crippen molar-refractivity contribution in [2.45, 2.75) is 13.0 Å². The van der Waals surface area contributed by atoms with E-state index in [-0.39, 0.29) is 11.3 Å². The average Bonchev–Trinajstić information content (AvgIpc) is 2.21. The van der Waals surface area contributed by atoms with E-state index in [1.165, 1.54) is 13.2 Å². The summed E-state index contributed by atoms with van der Waals surface area (Å²) in [6, 6.07) is 2.02. The summed E-state index contributed by atoms with van der Waals surface area (Å²) in [5.74, 6) is -0.649. The first-order valence-corrected chi connectivity index (χ1v) is 4.67. The Bertz CT molecular complexity index is 392. The van der Waals surface area contributed by atoms with Gasteiger partial charge in [-0.25, -0.2) is 0 Å². The van der Waals surface area contributed by atoms with Crippen LogP contribution < -0.4 is 5.73 Å². The number of aromatic hydroxyl groups is 1. The van der Waals surface area contributed by atoms with Gasteiger partial charge in [0, 0.05) is 10.6 Å². The number of benzene rings is 1. The van der Waals surface area contributed by atoms with E-state index in [0.717, 1.165) is 0 Å². The number of ether oxygens (including phenoxy) is 1. The molecule has 1 aromatic carbocycles. The lowest BCUT2D eigenvalue weighted by atomic mass is 10.0. The van der Waals surface area contributed by atoms with Gasteiger partial charge in [-0.15, -0.1) is 0 Å². The van der Waals surface area contributed by atoms with E-state index >= 15 is 0 Å². The Morgan fingerprint density at radius 3 is 2.73 bits per heavy atom. The maximum absolute atomic E-state index is 11.2. The Labute approximate surface area is 92.6 Å². The minimum atomic E-state index is -1.02. The summed E-state index contributed by atoms with van der Waals surface area (Å²) < 4.78 is 4.48. The number of halogens is 1. The second kappa shape index (κ2) is 4.51. The summed E-state index contributed by atoms with van der Waals surface area (Å²) >= 11 is 5.80. The number of nitrogens with two attached hydrogens (primary N) is 1. The van der Waals surface area contributed by atoms with Gasteiger partial charge in [0.15, 0.2) is 0 Å². The van der Waals surface area contributed by atoms with E-state index < -0.39 is 12.0 Å². The minimum Gasteiger partial charge on any atom is -0.507 e. The van der Waals surface area contributed by atoms with Crippen LogP contribution in [0.25, 0.3) is 0 Å². The molecule has 5 heteroatoms. The standard InChI is InChI=1S/C10H12ClNO3/c1-5-3-6(11)4-7(9(5)13)8(12)10(14)15-2/h3-4,8,13H,12H2,1-2H3/t8-/m0/s1. The third-order valence-corrected chi connectivity index (χ3v) is 2.30. The highest BCUT2D eigenvalue weighted by atomic mass is 35.5. The van der Waals surface area contributed by atoms with Crippen molar-refractivity contribution in [1.29, 1.82) is 0 Å². The number of carbonyl (C=O) groups excluding carboxylic acids is 1. The molecular weight excluding hydrogens is 218 g/mol. The summed E-state index contributed by atoms with van der Waals surface area (Å²) in [6.07, 6.45) is 0. The van der Waals surface area contributed by atoms with Crippen LogP contribution in [0.15, 0.2) is 12.1 Å². The van der Waals surface area contributed by atoms with Crippen LogP contribution in [-0.4, -0.2) is 18.2 Å². The Kier molecular flexibility index (Phi) is 3.55. The lowest BCUT2D eigenvalue weighted by Gasteiger charge is -2.13. The van der Waals surface area contributed by atoms with Crippen LogP contribution in [-0.2, 0) is 9.53 Å². The third-order valence-electron chi connectivity index (χ3n) is 2.08. The molecule has 4 nitrogen and oxygen atoms in total. The largest absolute Gasteiger partial charge is 0.507 e. The van der Waals surface area contributed by atoms with Crippen LogP contribution in [0.5, 0.6) is 5.75 Å². The highest BCUT2D eigenvalue weighted by Gasteiger charge is 2.21. The summed E-state index contributed by atoms with van der Waals surface area (Å²) in [7, 11) is 1.23. The number of methoxy groups -OCH3 is 1. The highest BCUT2D eigenvalue weighted by molar-refractivity contribution is 6.30. The molecule has 0 bridgehead atoms. The second-order valence-corrected chi connectivity index (χ2v) is 3.60. The average molecular weight is 230 g/mol. The Morgan fingerprint density at radius 2 is 2.20 bits per heavy atom. The molecular formula is C10H12ClNO3. The number of aryl methyl sites for hydroxylation is 1. The molecule has 0 saturated carbocycles. The molecule has 15 heavy (non-hydrogen) atoms. The molecule has 0 aromatic heterocycles. The number of hydrogen-bond acceptors (Lipinski definition) is 4. The topological polar surface area (TPSA) is 72.5 Å². The summed E-state index contributed by atoms with van der Waals surface area (Å²) in [4.78, 5) is 11.2. The van der Waals surface area contributed by atoms with Gasteiger partial charge in [0.1, 0.15) is 11.8 Å². The fourth-order valence-electron chi connectivity index (χ4n) is 1.25. The molecule has 0 aliphatic heterocycles. The molecule has 0 fully saturated rings. The van der Waals surface area contributed by atoms with Crippen molar-refractivity contribution in [3.8, 4) is 5.75 Å². The fourth-order valence-corrected chi connectivity index (χ4v) is 1.53. The maximum Gasteiger partial charge on any atom is 0.327 e. The number of phenolic OH excluding ortho intramolecular Hbond substituents is 1. The van der Waals surface area contributed by atoms with E-state index in [2.05, 4.69) is 4.74 Å². The van der Waals surface area contributed by atoms with Crippen molar-refractivity contribution >= 4 is 17.6 Å². The summed E-state index contributed by atoms with van der Waals surface area (Å²) in [5.41, 5.74) is 6.43. The quantitative estimate of drug-likeness (QED) is 0.755. The van der Waals surface area contributed by atoms with Gasteiger partial charge in [0.25, 0.3) is 0 Å². The normalized spacial score (nSPS) is 12.3. The van der Waals surface area contributed by atoms with E-state index in [9.17, 15) is 9.90 Å². The molecule has 1 aromatic rings. The molecule has 1 rings (SSSR count). The van der Waals surface area contributed by atoms with Gasteiger partial charge < -0.3 is 15.6 Å². The van der Waals surface area contributed by atoms with Crippen LogP contribution in [0, 0.1) is 6.92 Å². The molecule has 0 aliphatic rings. The van der Waals surface area contributed by atoms with Gasteiger partial charge in [-0.1, -0.05) is 11.6 Å². The van der Waals surface area contributed by atoms with Crippen LogP contribution in [0.4, 0.5) is 0 Å². The second-order valence-electron chi connectivity index (χ2n) is 3.16. The number of carbonyl (C=O) groups is 1. The minimum absolute atomic E-state index is 0.0303. The van der Waals surface area contributed by atoms with Crippen molar-refractivity contribution in [3.63, 3.8) is 0 Å². The van der Waals surface area contributed by atoms with Crippen LogP contribution >= 0.6 is 11.6 Å². The molecule has 0 spiro atoms. The molecule has 0 unspecified atom stereocenters. The molecule has 3 N–H and O–H groups in total. The lowest BCUT2D eigenvalue weighted by Crippen LogP contribution is -2.22. The molecule has 0 amide bonds. The molecule has 0 radical (unpaired) electrons. The zero-order valence-corrected chi connectivity index (χ0v) is 9.21. The van der Waals surface area contributed by atoms with Crippen LogP contribution in [0.3, 0.4) is 0 Å². The van der Waals surface area contributed by atoms with Gasteiger partial charge in [-0.05, 0) is 24.6 Å².